The topological polar surface area (TPSA) is 61.9 Å². The summed E-state index contributed by atoms with van der Waals surface area (Å²) in [5.41, 5.74) is 0.719. The molecule has 2 rings (SSSR count). The summed E-state index contributed by atoms with van der Waals surface area (Å²) in [4.78, 5) is 28.1. The standard InChI is InChI=1S/C19H29N3O3S/c1-19(2,3)25-18(24)20-9-14-26-15-17(23)22-12-10-21(11-13-22)16-7-5-4-6-8-16/h4-8H,9-15H2,1-3H3,(H,20,24). The van der Waals surface area contributed by atoms with Crippen LogP contribution in [0, 0.1) is 0 Å². The zero-order chi connectivity index (χ0) is 19.0. The van der Waals surface area contributed by atoms with Crippen LogP contribution in [0.5, 0.6) is 0 Å². The molecule has 1 N–H and O–H groups in total. The number of nitrogens with one attached hydrogen (secondary N) is 1. The Hall–Kier alpha value is -1.89. The molecule has 1 saturated heterocycles. The lowest BCUT2D eigenvalue weighted by Crippen LogP contribution is -2.49. The zero-order valence-electron chi connectivity index (χ0n) is 15.9. The molecule has 0 saturated carbocycles. The summed E-state index contributed by atoms with van der Waals surface area (Å²) in [5, 5.41) is 2.70. The average molecular weight is 380 g/mol. The third-order valence-corrected chi connectivity index (χ3v) is 4.84. The molecule has 0 unspecified atom stereocenters. The van der Waals surface area contributed by atoms with E-state index in [4.69, 9.17) is 4.74 Å². The number of anilines is 1. The predicted octanol–water partition coefficient (Wildman–Crippen LogP) is 2.59. The number of ether oxygens (including phenoxy) is 1. The largest absolute Gasteiger partial charge is 0.444 e. The molecule has 7 heteroatoms. The summed E-state index contributed by atoms with van der Waals surface area (Å²) in [5.74, 6) is 1.30. The van der Waals surface area contributed by atoms with Gasteiger partial charge in [-0.3, -0.25) is 4.79 Å². The number of hydrogen-bond acceptors (Lipinski definition) is 5. The molecule has 0 atom stereocenters. The van der Waals surface area contributed by atoms with Crippen LogP contribution in [0.1, 0.15) is 20.8 Å². The minimum Gasteiger partial charge on any atom is -0.444 e. The molecule has 0 aliphatic carbocycles. The molecular weight excluding hydrogens is 350 g/mol. The van der Waals surface area contributed by atoms with E-state index in [-0.39, 0.29) is 5.91 Å². The van der Waals surface area contributed by atoms with Crippen LogP contribution in [-0.2, 0) is 9.53 Å². The number of carbonyl (C=O) groups is 2. The van der Waals surface area contributed by atoms with Gasteiger partial charge in [0.2, 0.25) is 5.91 Å². The van der Waals surface area contributed by atoms with E-state index in [0.717, 1.165) is 26.2 Å². The number of nitrogens with zero attached hydrogens (tertiary/aromatic N) is 2. The Bertz CT molecular complexity index is 581. The molecular formula is C19H29N3O3S. The van der Waals surface area contributed by atoms with Crippen LogP contribution in [0.15, 0.2) is 30.3 Å². The summed E-state index contributed by atoms with van der Waals surface area (Å²) in [6.45, 7) is 9.22. The fraction of sp³-hybridized carbons (Fsp3) is 0.579. The van der Waals surface area contributed by atoms with Gasteiger partial charge >= 0.3 is 6.09 Å². The van der Waals surface area contributed by atoms with Crippen molar-refractivity contribution in [1.82, 2.24) is 10.2 Å². The predicted molar refractivity (Wildman–Crippen MR) is 107 cm³/mol. The average Bonchev–Trinajstić information content (AvgIpc) is 2.60. The van der Waals surface area contributed by atoms with Crippen LogP contribution in [0.4, 0.5) is 10.5 Å². The summed E-state index contributed by atoms with van der Waals surface area (Å²) < 4.78 is 5.17. The van der Waals surface area contributed by atoms with Crippen LogP contribution in [0.3, 0.4) is 0 Å². The number of piperazine rings is 1. The molecule has 1 aliphatic heterocycles. The van der Waals surface area contributed by atoms with E-state index in [2.05, 4.69) is 22.3 Å². The van der Waals surface area contributed by atoms with E-state index in [1.54, 1.807) is 0 Å². The number of amides is 2. The first-order valence-corrected chi connectivity index (χ1v) is 10.1. The quantitative estimate of drug-likeness (QED) is 0.770. The highest BCUT2D eigenvalue weighted by molar-refractivity contribution is 7.99. The van der Waals surface area contributed by atoms with Gasteiger partial charge in [0.15, 0.2) is 0 Å². The van der Waals surface area contributed by atoms with E-state index in [9.17, 15) is 9.59 Å². The highest BCUT2D eigenvalue weighted by Crippen LogP contribution is 2.16. The highest BCUT2D eigenvalue weighted by Gasteiger charge is 2.21. The summed E-state index contributed by atoms with van der Waals surface area (Å²) in [6.07, 6.45) is -0.415. The normalized spacial score (nSPS) is 14.9. The number of alkyl carbamates (subject to hydrolysis) is 1. The maximum atomic E-state index is 12.3. The molecule has 1 heterocycles. The number of carbonyl (C=O) groups excluding carboxylic acids is 2. The molecule has 26 heavy (non-hydrogen) atoms. The lowest BCUT2D eigenvalue weighted by atomic mass is 10.2. The van der Waals surface area contributed by atoms with Crippen molar-refractivity contribution in [3.8, 4) is 0 Å². The van der Waals surface area contributed by atoms with Crippen LogP contribution in [-0.4, -0.2) is 66.7 Å². The molecule has 0 radical (unpaired) electrons. The smallest absolute Gasteiger partial charge is 0.407 e. The Balaban J connectivity index is 1.59. The molecule has 0 bridgehead atoms. The molecule has 0 spiro atoms. The summed E-state index contributed by atoms with van der Waals surface area (Å²) >= 11 is 1.54. The zero-order valence-corrected chi connectivity index (χ0v) is 16.7. The first-order chi connectivity index (χ1) is 12.3. The van der Waals surface area contributed by atoms with E-state index >= 15 is 0 Å². The van der Waals surface area contributed by atoms with Crippen molar-refractivity contribution in [3.63, 3.8) is 0 Å². The SMILES string of the molecule is CC(C)(C)OC(=O)NCCSCC(=O)N1CCN(c2ccccc2)CC1. The fourth-order valence-corrected chi connectivity index (χ4v) is 3.39. The third-order valence-electron chi connectivity index (χ3n) is 3.89. The molecule has 6 nitrogen and oxygen atoms in total. The number of thioether (sulfide) groups is 1. The molecule has 1 fully saturated rings. The number of para-hydroxylation sites is 1. The van der Waals surface area contributed by atoms with Crippen molar-refractivity contribution < 1.29 is 14.3 Å². The van der Waals surface area contributed by atoms with Crippen molar-refractivity contribution in [1.29, 1.82) is 0 Å². The van der Waals surface area contributed by atoms with Crippen molar-refractivity contribution in [2.24, 2.45) is 0 Å². The second kappa shape index (κ2) is 9.71. The molecule has 1 aromatic rings. The van der Waals surface area contributed by atoms with Gasteiger partial charge in [0.25, 0.3) is 0 Å². The Labute approximate surface area is 160 Å². The maximum absolute atomic E-state index is 12.3. The van der Waals surface area contributed by atoms with Crippen molar-refractivity contribution >= 4 is 29.4 Å². The monoisotopic (exact) mass is 379 g/mol. The fourth-order valence-electron chi connectivity index (χ4n) is 2.64. The number of hydrogen-bond donors (Lipinski definition) is 1. The van der Waals surface area contributed by atoms with Gasteiger partial charge in [-0.15, -0.1) is 0 Å². The van der Waals surface area contributed by atoms with Crippen molar-refractivity contribution in [3.05, 3.63) is 30.3 Å². The Morgan fingerprint density at radius 2 is 1.77 bits per heavy atom. The highest BCUT2D eigenvalue weighted by atomic mass is 32.2. The lowest BCUT2D eigenvalue weighted by Gasteiger charge is -2.36. The van der Waals surface area contributed by atoms with Gasteiger partial charge in [0.1, 0.15) is 5.60 Å². The van der Waals surface area contributed by atoms with Crippen LogP contribution in [0.25, 0.3) is 0 Å². The Morgan fingerprint density at radius 1 is 1.12 bits per heavy atom. The second-order valence-corrected chi connectivity index (χ2v) is 8.29. The molecule has 1 aromatic carbocycles. The van der Waals surface area contributed by atoms with Crippen LogP contribution >= 0.6 is 11.8 Å². The van der Waals surface area contributed by atoms with Gasteiger partial charge in [-0.25, -0.2) is 4.79 Å². The summed E-state index contributed by atoms with van der Waals surface area (Å²) in [6, 6.07) is 10.3. The first kappa shape index (κ1) is 20.4. The Kier molecular flexibility index (Phi) is 7.63. The van der Waals surface area contributed by atoms with Crippen LogP contribution in [0.2, 0.25) is 0 Å². The molecule has 2 amide bonds. The second-order valence-electron chi connectivity index (χ2n) is 7.18. The van der Waals surface area contributed by atoms with Gasteiger partial charge in [-0.1, -0.05) is 18.2 Å². The van der Waals surface area contributed by atoms with Gasteiger partial charge in [0, 0.05) is 44.2 Å². The Morgan fingerprint density at radius 3 is 2.38 bits per heavy atom. The van der Waals surface area contributed by atoms with Gasteiger partial charge < -0.3 is 19.9 Å². The minimum absolute atomic E-state index is 0.167. The minimum atomic E-state index is -0.491. The van der Waals surface area contributed by atoms with E-state index in [0.29, 0.717) is 18.1 Å². The van der Waals surface area contributed by atoms with Crippen LogP contribution < -0.4 is 10.2 Å². The van der Waals surface area contributed by atoms with E-state index in [1.165, 1.54) is 17.4 Å². The van der Waals surface area contributed by atoms with Crippen molar-refractivity contribution in [2.45, 2.75) is 26.4 Å². The third kappa shape index (κ3) is 7.15. The van der Waals surface area contributed by atoms with Gasteiger partial charge in [0.05, 0.1) is 5.75 Å². The molecule has 144 valence electrons. The number of rotatable bonds is 6. The van der Waals surface area contributed by atoms with Gasteiger partial charge in [-0.05, 0) is 32.9 Å². The van der Waals surface area contributed by atoms with Gasteiger partial charge in [-0.2, -0.15) is 11.8 Å². The molecule has 1 aliphatic rings. The number of benzene rings is 1. The van der Waals surface area contributed by atoms with E-state index < -0.39 is 11.7 Å². The molecule has 0 aromatic heterocycles. The first-order valence-electron chi connectivity index (χ1n) is 8.97. The van der Waals surface area contributed by atoms with E-state index in [1.807, 2.05) is 43.9 Å². The maximum Gasteiger partial charge on any atom is 0.407 e. The lowest BCUT2D eigenvalue weighted by molar-refractivity contribution is -0.128. The van der Waals surface area contributed by atoms with Crippen molar-refractivity contribution in [2.75, 3.05) is 49.1 Å². The summed E-state index contributed by atoms with van der Waals surface area (Å²) in [7, 11) is 0.